The highest BCUT2D eigenvalue weighted by atomic mass is 16.3. The van der Waals surface area contributed by atoms with Gasteiger partial charge in [0.05, 0.1) is 6.10 Å². The van der Waals surface area contributed by atoms with Gasteiger partial charge in [-0.15, -0.1) is 0 Å². The Bertz CT molecular complexity index is 1100. The van der Waals surface area contributed by atoms with Crippen LogP contribution < -0.4 is 10.2 Å². The second-order valence-corrected chi connectivity index (χ2v) is 9.98. The lowest BCUT2D eigenvalue weighted by atomic mass is 9.94. The monoisotopic (exact) mass is 486 g/mol. The molecule has 4 nitrogen and oxygen atoms in total. The number of benzene rings is 3. The number of aliphatic hydroxyl groups excluding tert-OH is 1. The summed E-state index contributed by atoms with van der Waals surface area (Å²) in [6.07, 6.45) is 3.74. The van der Waals surface area contributed by atoms with Crippen LogP contribution in [-0.2, 0) is 6.42 Å². The lowest BCUT2D eigenvalue weighted by Crippen LogP contribution is -2.28. The van der Waals surface area contributed by atoms with Gasteiger partial charge in [0.1, 0.15) is 0 Å². The van der Waals surface area contributed by atoms with Crippen molar-refractivity contribution < 1.29 is 9.90 Å². The van der Waals surface area contributed by atoms with Crippen LogP contribution in [0.25, 0.3) is 0 Å². The third-order valence-corrected chi connectivity index (χ3v) is 6.99. The number of nitrogens with zero attached hydrogens (tertiary/aromatic N) is 1. The Labute approximate surface area is 217 Å². The van der Waals surface area contributed by atoms with Gasteiger partial charge < -0.3 is 15.3 Å². The molecule has 0 aliphatic heterocycles. The van der Waals surface area contributed by atoms with Crippen LogP contribution in [-0.4, -0.2) is 30.6 Å². The van der Waals surface area contributed by atoms with Gasteiger partial charge in [0, 0.05) is 30.9 Å². The standard InChI is InChI=1S/C32H42N2O2/c1-5-20-34(30-14-10-9-11-25(30)3)21-19-24(2)15-16-27-17-18-29(22-26(27)4)32(36)33-23-31(35)28-12-7-6-8-13-28/h6-14,17-18,22,24,31,35H,5,15-16,19-21,23H2,1-4H3,(H,33,36)/t24?,31-/m0/s1. The van der Waals surface area contributed by atoms with Crippen LogP contribution in [0, 0.1) is 19.8 Å². The number of para-hydroxylation sites is 1. The van der Waals surface area contributed by atoms with Gasteiger partial charge in [0.15, 0.2) is 0 Å². The van der Waals surface area contributed by atoms with Gasteiger partial charge >= 0.3 is 0 Å². The molecule has 0 heterocycles. The third kappa shape index (κ3) is 7.96. The van der Waals surface area contributed by atoms with Crippen molar-refractivity contribution in [1.82, 2.24) is 5.32 Å². The van der Waals surface area contributed by atoms with Crippen molar-refractivity contribution in [3.8, 4) is 0 Å². The second-order valence-electron chi connectivity index (χ2n) is 9.98. The van der Waals surface area contributed by atoms with Gasteiger partial charge in [-0.2, -0.15) is 0 Å². The lowest BCUT2D eigenvalue weighted by Gasteiger charge is -2.27. The van der Waals surface area contributed by atoms with Crippen molar-refractivity contribution in [3.63, 3.8) is 0 Å². The molecular weight excluding hydrogens is 444 g/mol. The van der Waals surface area contributed by atoms with E-state index in [2.05, 4.69) is 68.2 Å². The Balaban J connectivity index is 1.48. The Hall–Kier alpha value is -3.11. The molecule has 3 aromatic carbocycles. The summed E-state index contributed by atoms with van der Waals surface area (Å²) in [5.41, 5.74) is 6.58. The predicted molar refractivity (Wildman–Crippen MR) is 151 cm³/mol. The third-order valence-electron chi connectivity index (χ3n) is 6.99. The van der Waals surface area contributed by atoms with E-state index in [4.69, 9.17) is 0 Å². The Morgan fingerprint density at radius 2 is 1.64 bits per heavy atom. The van der Waals surface area contributed by atoms with Gasteiger partial charge in [-0.3, -0.25) is 4.79 Å². The maximum absolute atomic E-state index is 12.6. The molecule has 0 aromatic heterocycles. The number of anilines is 1. The number of rotatable bonds is 13. The smallest absolute Gasteiger partial charge is 0.251 e. The van der Waals surface area contributed by atoms with E-state index in [1.807, 2.05) is 42.5 Å². The fraction of sp³-hybridized carbons (Fsp3) is 0.406. The molecule has 0 saturated carbocycles. The SMILES string of the molecule is CCCN(CCC(C)CCc1ccc(C(=O)NC[C@H](O)c2ccccc2)cc1C)c1ccccc1C. The molecule has 0 bridgehead atoms. The van der Waals surface area contributed by atoms with Gasteiger partial charge in [0.25, 0.3) is 5.91 Å². The lowest BCUT2D eigenvalue weighted by molar-refractivity contribution is 0.0916. The van der Waals surface area contributed by atoms with E-state index in [-0.39, 0.29) is 12.5 Å². The van der Waals surface area contributed by atoms with Gasteiger partial charge in [-0.25, -0.2) is 0 Å². The summed E-state index contributed by atoms with van der Waals surface area (Å²) in [4.78, 5) is 15.2. The second kappa shape index (κ2) is 13.8. The molecule has 2 atom stereocenters. The molecule has 3 rings (SSSR count). The van der Waals surface area contributed by atoms with Crippen molar-refractivity contribution in [2.24, 2.45) is 5.92 Å². The first-order valence-electron chi connectivity index (χ1n) is 13.3. The van der Waals surface area contributed by atoms with Crippen LogP contribution in [0.3, 0.4) is 0 Å². The molecular formula is C32H42N2O2. The van der Waals surface area contributed by atoms with Crippen LogP contribution in [0.5, 0.6) is 0 Å². The molecule has 0 spiro atoms. The Morgan fingerprint density at radius 1 is 0.917 bits per heavy atom. The zero-order chi connectivity index (χ0) is 25.9. The van der Waals surface area contributed by atoms with Crippen molar-refractivity contribution in [1.29, 1.82) is 0 Å². The largest absolute Gasteiger partial charge is 0.387 e. The summed E-state index contributed by atoms with van der Waals surface area (Å²) in [6.45, 7) is 11.2. The number of nitrogens with one attached hydrogen (secondary N) is 1. The molecule has 0 saturated heterocycles. The van der Waals surface area contributed by atoms with Gasteiger partial charge in [0.2, 0.25) is 0 Å². The van der Waals surface area contributed by atoms with E-state index in [0.717, 1.165) is 49.9 Å². The first-order chi connectivity index (χ1) is 17.4. The Kier molecular flexibility index (Phi) is 10.6. The van der Waals surface area contributed by atoms with E-state index >= 15 is 0 Å². The number of carbonyl (C=O) groups is 1. The minimum absolute atomic E-state index is 0.153. The molecule has 36 heavy (non-hydrogen) atoms. The number of hydrogen-bond donors (Lipinski definition) is 2. The minimum Gasteiger partial charge on any atom is -0.387 e. The van der Waals surface area contributed by atoms with E-state index in [1.165, 1.54) is 16.8 Å². The molecule has 192 valence electrons. The fourth-order valence-corrected chi connectivity index (χ4v) is 4.67. The zero-order valence-corrected chi connectivity index (χ0v) is 22.3. The number of hydrogen-bond acceptors (Lipinski definition) is 3. The first kappa shape index (κ1) is 27.5. The summed E-state index contributed by atoms with van der Waals surface area (Å²) in [5.74, 6) is 0.468. The highest BCUT2D eigenvalue weighted by Gasteiger charge is 2.14. The highest BCUT2D eigenvalue weighted by Crippen LogP contribution is 2.23. The topological polar surface area (TPSA) is 52.6 Å². The normalized spacial score (nSPS) is 12.7. The summed E-state index contributed by atoms with van der Waals surface area (Å²) in [7, 11) is 0. The zero-order valence-electron chi connectivity index (χ0n) is 22.3. The van der Waals surface area contributed by atoms with E-state index < -0.39 is 6.10 Å². The van der Waals surface area contributed by atoms with E-state index in [1.54, 1.807) is 0 Å². The van der Waals surface area contributed by atoms with Crippen LogP contribution >= 0.6 is 0 Å². The molecule has 0 radical (unpaired) electrons. The highest BCUT2D eigenvalue weighted by molar-refractivity contribution is 5.94. The van der Waals surface area contributed by atoms with E-state index in [0.29, 0.717) is 11.5 Å². The maximum atomic E-state index is 12.6. The molecule has 1 amide bonds. The summed E-state index contributed by atoms with van der Waals surface area (Å²) < 4.78 is 0. The predicted octanol–water partition coefficient (Wildman–Crippen LogP) is 6.64. The fourth-order valence-electron chi connectivity index (χ4n) is 4.67. The Morgan fingerprint density at radius 3 is 2.33 bits per heavy atom. The number of aliphatic hydroxyl groups is 1. The molecule has 0 fully saturated rings. The summed E-state index contributed by atoms with van der Waals surface area (Å²) in [6, 6.07) is 24.0. The van der Waals surface area contributed by atoms with E-state index in [9.17, 15) is 9.90 Å². The van der Waals surface area contributed by atoms with Gasteiger partial charge in [-0.1, -0.05) is 68.4 Å². The van der Waals surface area contributed by atoms with Crippen molar-refractivity contribution in [2.45, 2.75) is 59.5 Å². The molecule has 0 aliphatic rings. The summed E-state index contributed by atoms with van der Waals surface area (Å²) >= 11 is 0. The molecule has 0 aliphatic carbocycles. The molecule has 4 heteroatoms. The van der Waals surface area contributed by atoms with Crippen LogP contribution in [0.4, 0.5) is 5.69 Å². The van der Waals surface area contributed by atoms with Crippen molar-refractivity contribution >= 4 is 11.6 Å². The average Bonchev–Trinajstić information content (AvgIpc) is 2.89. The van der Waals surface area contributed by atoms with Gasteiger partial charge in [-0.05, 0) is 85.9 Å². The van der Waals surface area contributed by atoms with Crippen LogP contribution in [0.15, 0.2) is 72.8 Å². The van der Waals surface area contributed by atoms with Crippen LogP contribution in [0.2, 0.25) is 0 Å². The maximum Gasteiger partial charge on any atom is 0.251 e. The molecule has 3 aromatic rings. The molecule has 1 unspecified atom stereocenters. The quantitative estimate of drug-likeness (QED) is 0.285. The number of carbonyl (C=O) groups excluding carboxylic acids is 1. The summed E-state index contributed by atoms with van der Waals surface area (Å²) in [5, 5.41) is 13.2. The molecule has 2 N–H and O–H groups in total. The average molecular weight is 487 g/mol. The van der Waals surface area contributed by atoms with Crippen molar-refractivity contribution in [2.75, 3.05) is 24.5 Å². The van der Waals surface area contributed by atoms with Crippen molar-refractivity contribution in [3.05, 3.63) is 101 Å². The minimum atomic E-state index is -0.712. The number of amides is 1. The van der Waals surface area contributed by atoms with Crippen LogP contribution in [0.1, 0.15) is 71.8 Å². The number of aryl methyl sites for hydroxylation is 3. The first-order valence-corrected chi connectivity index (χ1v) is 13.3.